The van der Waals surface area contributed by atoms with Crippen LogP contribution in [0.1, 0.15) is 24.0 Å². The number of ether oxygens (including phenoxy) is 2. The first-order valence-electron chi connectivity index (χ1n) is 10.4. The lowest BCUT2D eigenvalue weighted by molar-refractivity contribution is -0.136. The van der Waals surface area contributed by atoms with Crippen molar-refractivity contribution in [3.05, 3.63) is 71.8 Å². The summed E-state index contributed by atoms with van der Waals surface area (Å²) in [5.41, 5.74) is 11.5. The van der Waals surface area contributed by atoms with Crippen LogP contribution in [0.3, 0.4) is 0 Å². The van der Waals surface area contributed by atoms with E-state index in [1.54, 1.807) is 0 Å². The number of Topliss-reactive ketones (excluding diaryl/α,β-unsaturated/α-hetero) is 2. The fraction of sp³-hybridized carbons (Fsp3) is 0.417. The second-order valence-electron chi connectivity index (χ2n) is 7.65. The number of carbonyl (C=O) groups is 2. The molecule has 2 aromatic rings. The van der Waals surface area contributed by atoms with E-state index in [-0.39, 0.29) is 26.1 Å². The summed E-state index contributed by atoms with van der Waals surface area (Å²) < 4.78 is 11.5. The van der Waals surface area contributed by atoms with E-state index in [2.05, 4.69) is 0 Å². The summed E-state index contributed by atoms with van der Waals surface area (Å²) in [6, 6.07) is 19.3. The van der Waals surface area contributed by atoms with Crippen LogP contribution in [-0.4, -0.2) is 47.6 Å². The number of carbonyl (C=O) groups excluding carboxylic acids is 2. The summed E-state index contributed by atoms with van der Waals surface area (Å²) in [4.78, 5) is 25.4. The highest BCUT2D eigenvalue weighted by molar-refractivity contribution is 6.37. The standard InChI is InChI=1S/C24H30Cl2N2O4/c25-15-21(29)24(28,22(30)16-26)23(27,11-13-31-17-19-7-3-1-4-8-19)12-14-32-18-20-9-5-2-6-10-20/h1-10H,11-18,27-28H2. The Morgan fingerprint density at radius 2 is 1.09 bits per heavy atom. The number of nitrogens with two attached hydrogens (primary N) is 2. The molecule has 0 spiro atoms. The van der Waals surface area contributed by atoms with Crippen molar-refractivity contribution in [1.82, 2.24) is 0 Å². The predicted molar refractivity (Wildman–Crippen MR) is 127 cm³/mol. The van der Waals surface area contributed by atoms with Gasteiger partial charge in [0.25, 0.3) is 0 Å². The Morgan fingerprint density at radius 1 is 0.719 bits per heavy atom. The minimum atomic E-state index is -2.04. The summed E-state index contributed by atoms with van der Waals surface area (Å²) in [5, 5.41) is 0. The van der Waals surface area contributed by atoms with Crippen LogP contribution in [0.25, 0.3) is 0 Å². The Balaban J connectivity index is 2.09. The van der Waals surface area contributed by atoms with Gasteiger partial charge in [0.05, 0.1) is 30.5 Å². The van der Waals surface area contributed by atoms with Gasteiger partial charge in [0.15, 0.2) is 17.1 Å². The quantitative estimate of drug-likeness (QED) is 0.230. The average Bonchev–Trinajstić information content (AvgIpc) is 2.84. The number of alkyl halides is 2. The lowest BCUT2D eigenvalue weighted by atomic mass is 9.69. The van der Waals surface area contributed by atoms with E-state index < -0.39 is 34.4 Å². The van der Waals surface area contributed by atoms with Gasteiger partial charge in [-0.3, -0.25) is 9.59 Å². The first-order chi connectivity index (χ1) is 15.4. The Labute approximate surface area is 199 Å². The van der Waals surface area contributed by atoms with Crippen LogP contribution >= 0.6 is 23.2 Å². The summed E-state index contributed by atoms with van der Waals surface area (Å²) in [6.45, 7) is 1.11. The zero-order chi connectivity index (χ0) is 23.5. The van der Waals surface area contributed by atoms with Crippen molar-refractivity contribution in [3.63, 3.8) is 0 Å². The molecule has 0 unspecified atom stereocenters. The maximum atomic E-state index is 12.7. The van der Waals surface area contributed by atoms with Crippen molar-refractivity contribution < 1.29 is 19.1 Å². The van der Waals surface area contributed by atoms with E-state index >= 15 is 0 Å². The van der Waals surface area contributed by atoms with Crippen molar-refractivity contribution >= 4 is 34.8 Å². The molecule has 0 fully saturated rings. The van der Waals surface area contributed by atoms with E-state index in [9.17, 15) is 9.59 Å². The van der Waals surface area contributed by atoms with Gasteiger partial charge in [-0.25, -0.2) is 0 Å². The molecule has 2 aromatic carbocycles. The number of halogens is 2. The zero-order valence-corrected chi connectivity index (χ0v) is 19.5. The molecule has 8 heteroatoms. The maximum absolute atomic E-state index is 12.7. The predicted octanol–water partition coefficient (Wildman–Crippen LogP) is 3.21. The second kappa shape index (κ2) is 13.0. The number of benzene rings is 2. The summed E-state index contributed by atoms with van der Waals surface area (Å²) in [7, 11) is 0. The molecule has 0 heterocycles. The monoisotopic (exact) mass is 480 g/mol. The fourth-order valence-corrected chi connectivity index (χ4v) is 3.90. The van der Waals surface area contributed by atoms with Gasteiger partial charge in [-0.2, -0.15) is 0 Å². The van der Waals surface area contributed by atoms with E-state index in [1.807, 2.05) is 60.7 Å². The molecule has 0 amide bonds. The van der Waals surface area contributed by atoms with Crippen molar-refractivity contribution in [2.45, 2.75) is 37.1 Å². The Hall–Kier alpha value is -1.80. The third-order valence-electron chi connectivity index (χ3n) is 5.52. The van der Waals surface area contributed by atoms with Crippen molar-refractivity contribution in [2.24, 2.45) is 11.5 Å². The summed E-state index contributed by atoms with van der Waals surface area (Å²) in [5.74, 6) is -2.24. The van der Waals surface area contributed by atoms with Crippen molar-refractivity contribution in [3.8, 4) is 0 Å². The van der Waals surface area contributed by atoms with Crippen molar-refractivity contribution in [2.75, 3.05) is 25.0 Å². The highest BCUT2D eigenvalue weighted by atomic mass is 35.5. The molecule has 0 bridgehead atoms. The molecule has 2 rings (SSSR count). The number of rotatable bonds is 15. The largest absolute Gasteiger partial charge is 0.377 e. The smallest absolute Gasteiger partial charge is 0.176 e. The molecule has 174 valence electrons. The third-order valence-corrected chi connectivity index (χ3v) is 6.00. The van der Waals surface area contributed by atoms with Gasteiger partial charge in [0.2, 0.25) is 0 Å². The summed E-state index contributed by atoms with van der Waals surface area (Å²) in [6.07, 6.45) is 0.298. The van der Waals surface area contributed by atoms with Crippen LogP contribution in [0.4, 0.5) is 0 Å². The molecule has 6 nitrogen and oxygen atoms in total. The average molecular weight is 481 g/mol. The second-order valence-corrected chi connectivity index (χ2v) is 8.19. The van der Waals surface area contributed by atoms with Crippen LogP contribution in [0.5, 0.6) is 0 Å². The molecule has 0 aliphatic heterocycles. The van der Waals surface area contributed by atoms with Gasteiger partial charge >= 0.3 is 0 Å². The first-order valence-corrected chi connectivity index (χ1v) is 11.4. The minimum absolute atomic E-state index is 0.149. The van der Waals surface area contributed by atoms with Crippen LogP contribution in [0, 0.1) is 0 Å². The van der Waals surface area contributed by atoms with Gasteiger partial charge < -0.3 is 20.9 Å². The molecular weight excluding hydrogens is 451 g/mol. The van der Waals surface area contributed by atoms with E-state index in [0.29, 0.717) is 13.2 Å². The van der Waals surface area contributed by atoms with Gasteiger partial charge in [-0.05, 0) is 24.0 Å². The highest BCUT2D eigenvalue weighted by Gasteiger charge is 2.55. The van der Waals surface area contributed by atoms with Crippen LogP contribution in [-0.2, 0) is 32.3 Å². The molecule has 0 saturated carbocycles. The normalized spacial score (nSPS) is 12.0. The molecule has 4 N–H and O–H groups in total. The number of hydrogen-bond donors (Lipinski definition) is 2. The Kier molecular flexibility index (Phi) is 10.8. The minimum Gasteiger partial charge on any atom is -0.377 e. The van der Waals surface area contributed by atoms with Gasteiger partial charge in [-0.15, -0.1) is 23.2 Å². The third kappa shape index (κ3) is 6.85. The van der Waals surface area contributed by atoms with Gasteiger partial charge in [0, 0.05) is 13.2 Å². The van der Waals surface area contributed by atoms with Crippen molar-refractivity contribution in [1.29, 1.82) is 0 Å². The SMILES string of the molecule is NC(CCOCc1ccccc1)(CCOCc1ccccc1)C(N)(C(=O)CCl)C(=O)CCl. The molecule has 0 aliphatic carbocycles. The maximum Gasteiger partial charge on any atom is 0.176 e. The van der Waals surface area contributed by atoms with E-state index in [0.717, 1.165) is 11.1 Å². The Bertz CT molecular complexity index is 786. The topological polar surface area (TPSA) is 105 Å². The molecule has 0 atom stereocenters. The molecule has 0 radical (unpaired) electrons. The van der Waals surface area contributed by atoms with E-state index in [1.165, 1.54) is 0 Å². The number of hydrogen-bond acceptors (Lipinski definition) is 6. The lowest BCUT2D eigenvalue weighted by Gasteiger charge is -2.43. The molecular formula is C24H30Cl2N2O4. The van der Waals surface area contributed by atoms with Crippen LogP contribution < -0.4 is 11.5 Å². The van der Waals surface area contributed by atoms with Crippen LogP contribution in [0.15, 0.2) is 60.7 Å². The lowest BCUT2D eigenvalue weighted by Crippen LogP contribution is -2.75. The first kappa shape index (κ1) is 26.5. The summed E-state index contributed by atoms with van der Waals surface area (Å²) >= 11 is 11.6. The molecule has 0 saturated heterocycles. The molecule has 32 heavy (non-hydrogen) atoms. The Morgan fingerprint density at radius 3 is 1.44 bits per heavy atom. The number of ketones is 2. The van der Waals surface area contributed by atoms with Gasteiger partial charge in [0.1, 0.15) is 0 Å². The van der Waals surface area contributed by atoms with Crippen LogP contribution in [0.2, 0.25) is 0 Å². The molecule has 0 aromatic heterocycles. The highest BCUT2D eigenvalue weighted by Crippen LogP contribution is 2.29. The zero-order valence-electron chi connectivity index (χ0n) is 18.0. The van der Waals surface area contributed by atoms with E-state index in [4.69, 9.17) is 44.1 Å². The fourth-order valence-electron chi connectivity index (χ4n) is 3.48. The molecule has 0 aliphatic rings. The van der Waals surface area contributed by atoms with Gasteiger partial charge in [-0.1, -0.05) is 60.7 Å².